The van der Waals surface area contributed by atoms with Crippen LogP contribution in [0.4, 0.5) is 0 Å². The molecule has 0 aliphatic carbocycles. The van der Waals surface area contributed by atoms with Gasteiger partial charge in [0.1, 0.15) is 0 Å². The van der Waals surface area contributed by atoms with Gasteiger partial charge in [0.25, 0.3) is 0 Å². The summed E-state index contributed by atoms with van der Waals surface area (Å²) in [4.78, 5) is 3.06. The molecular formula is C11H24N2S. The van der Waals surface area contributed by atoms with Gasteiger partial charge in [0.15, 0.2) is 0 Å². The molecule has 1 atom stereocenters. The Kier molecular flexibility index (Phi) is 8.09. The second-order valence-corrected chi connectivity index (χ2v) is 4.53. The highest BCUT2D eigenvalue weighted by atomic mass is 32.1. The highest BCUT2D eigenvalue weighted by molar-refractivity contribution is 7.80. The van der Waals surface area contributed by atoms with Gasteiger partial charge in [-0.1, -0.05) is 39.4 Å². The molecule has 0 radical (unpaired) electrons. The SMILES string of the molecule is CCCC(C)CN(CC)CCC(N)=S. The van der Waals surface area contributed by atoms with E-state index in [2.05, 4.69) is 25.7 Å². The molecule has 84 valence electrons. The Hall–Kier alpha value is -0.150. The standard InChI is InChI=1S/C11H24N2S/c1-4-6-10(3)9-13(5-2)8-7-11(12)14/h10H,4-9H2,1-3H3,(H2,12,14). The molecule has 0 saturated carbocycles. The molecule has 2 N–H and O–H groups in total. The van der Waals surface area contributed by atoms with Crippen molar-refractivity contribution in [2.24, 2.45) is 11.7 Å². The van der Waals surface area contributed by atoms with Crippen LogP contribution in [-0.4, -0.2) is 29.5 Å². The lowest BCUT2D eigenvalue weighted by Crippen LogP contribution is -2.31. The van der Waals surface area contributed by atoms with E-state index in [-0.39, 0.29) is 0 Å². The zero-order valence-electron chi connectivity index (χ0n) is 9.75. The normalized spacial score (nSPS) is 13.1. The van der Waals surface area contributed by atoms with Crippen LogP contribution >= 0.6 is 12.2 Å². The van der Waals surface area contributed by atoms with Crippen molar-refractivity contribution in [1.82, 2.24) is 4.90 Å². The molecule has 0 aliphatic rings. The quantitative estimate of drug-likeness (QED) is 0.632. The minimum Gasteiger partial charge on any atom is -0.393 e. The minimum absolute atomic E-state index is 0.631. The second-order valence-electron chi connectivity index (χ2n) is 4.00. The fourth-order valence-corrected chi connectivity index (χ4v) is 1.76. The number of hydrogen-bond acceptors (Lipinski definition) is 2. The van der Waals surface area contributed by atoms with E-state index < -0.39 is 0 Å². The number of hydrogen-bond donors (Lipinski definition) is 1. The topological polar surface area (TPSA) is 29.3 Å². The molecular weight excluding hydrogens is 192 g/mol. The summed E-state index contributed by atoms with van der Waals surface area (Å²) in [5.74, 6) is 0.784. The van der Waals surface area contributed by atoms with Crippen LogP contribution in [0.25, 0.3) is 0 Å². The second kappa shape index (κ2) is 8.18. The Bertz CT molecular complexity index is 159. The number of nitrogens with zero attached hydrogens (tertiary/aromatic N) is 1. The molecule has 0 fully saturated rings. The van der Waals surface area contributed by atoms with Gasteiger partial charge in [0.05, 0.1) is 4.99 Å². The van der Waals surface area contributed by atoms with Crippen molar-refractivity contribution in [3.8, 4) is 0 Å². The van der Waals surface area contributed by atoms with Gasteiger partial charge >= 0.3 is 0 Å². The predicted molar refractivity (Wildman–Crippen MR) is 67.6 cm³/mol. The molecule has 0 bridgehead atoms. The Morgan fingerprint density at radius 3 is 2.50 bits per heavy atom. The van der Waals surface area contributed by atoms with E-state index in [1.54, 1.807) is 0 Å². The van der Waals surface area contributed by atoms with Crippen molar-refractivity contribution in [3.05, 3.63) is 0 Å². The molecule has 0 amide bonds. The van der Waals surface area contributed by atoms with Gasteiger partial charge < -0.3 is 10.6 Å². The van der Waals surface area contributed by atoms with Gasteiger partial charge in [-0.25, -0.2) is 0 Å². The maximum absolute atomic E-state index is 5.49. The van der Waals surface area contributed by atoms with Crippen LogP contribution < -0.4 is 5.73 Å². The zero-order chi connectivity index (χ0) is 11.0. The Morgan fingerprint density at radius 2 is 2.07 bits per heavy atom. The molecule has 0 aromatic heterocycles. The number of rotatable bonds is 8. The largest absolute Gasteiger partial charge is 0.393 e. The van der Waals surface area contributed by atoms with Gasteiger partial charge in [-0.2, -0.15) is 0 Å². The molecule has 14 heavy (non-hydrogen) atoms. The van der Waals surface area contributed by atoms with Crippen molar-refractivity contribution in [3.63, 3.8) is 0 Å². The summed E-state index contributed by atoms with van der Waals surface area (Å²) in [5.41, 5.74) is 5.49. The molecule has 0 spiro atoms. The Labute approximate surface area is 93.8 Å². The zero-order valence-corrected chi connectivity index (χ0v) is 10.6. The molecule has 0 saturated heterocycles. The molecule has 0 aromatic carbocycles. The van der Waals surface area contributed by atoms with Crippen LogP contribution in [0.5, 0.6) is 0 Å². The van der Waals surface area contributed by atoms with Crippen LogP contribution in [0.2, 0.25) is 0 Å². The van der Waals surface area contributed by atoms with Crippen LogP contribution in [0, 0.1) is 5.92 Å². The van der Waals surface area contributed by atoms with Crippen LogP contribution in [-0.2, 0) is 0 Å². The average molecular weight is 216 g/mol. The summed E-state index contributed by atoms with van der Waals surface area (Å²) >= 11 is 4.88. The van der Waals surface area contributed by atoms with Gasteiger partial charge in [-0.15, -0.1) is 0 Å². The first kappa shape index (κ1) is 13.8. The van der Waals surface area contributed by atoms with E-state index >= 15 is 0 Å². The smallest absolute Gasteiger partial charge is 0.0740 e. The van der Waals surface area contributed by atoms with Crippen LogP contribution in [0.1, 0.15) is 40.0 Å². The van der Waals surface area contributed by atoms with Crippen LogP contribution in [0.15, 0.2) is 0 Å². The van der Waals surface area contributed by atoms with Gasteiger partial charge in [-0.3, -0.25) is 0 Å². The average Bonchev–Trinajstić information content (AvgIpc) is 2.12. The highest BCUT2D eigenvalue weighted by Crippen LogP contribution is 2.07. The van der Waals surface area contributed by atoms with Gasteiger partial charge in [0, 0.05) is 19.5 Å². The fraction of sp³-hybridized carbons (Fsp3) is 0.909. The lowest BCUT2D eigenvalue weighted by Gasteiger charge is -2.23. The lowest BCUT2D eigenvalue weighted by atomic mass is 10.1. The van der Waals surface area contributed by atoms with E-state index in [4.69, 9.17) is 18.0 Å². The molecule has 1 unspecified atom stereocenters. The molecule has 2 nitrogen and oxygen atoms in total. The molecule has 0 aliphatic heterocycles. The first-order valence-electron chi connectivity index (χ1n) is 5.60. The third-order valence-electron chi connectivity index (χ3n) is 2.47. The molecule has 0 aromatic rings. The summed E-state index contributed by atoms with van der Waals surface area (Å²) in [6.45, 7) is 10.0. The summed E-state index contributed by atoms with van der Waals surface area (Å²) in [5, 5.41) is 0. The number of thiocarbonyl (C=S) groups is 1. The van der Waals surface area contributed by atoms with Crippen LogP contribution in [0.3, 0.4) is 0 Å². The van der Waals surface area contributed by atoms with Crippen molar-refractivity contribution >= 4 is 17.2 Å². The van der Waals surface area contributed by atoms with Gasteiger partial charge in [-0.05, 0) is 18.9 Å². The van der Waals surface area contributed by atoms with Crippen molar-refractivity contribution in [2.75, 3.05) is 19.6 Å². The number of nitrogens with two attached hydrogens (primary N) is 1. The molecule has 0 rings (SSSR count). The maximum Gasteiger partial charge on any atom is 0.0740 e. The molecule has 0 heterocycles. The van der Waals surface area contributed by atoms with E-state index in [0.717, 1.165) is 25.4 Å². The molecule has 3 heteroatoms. The fourth-order valence-electron chi connectivity index (χ4n) is 1.67. The first-order valence-corrected chi connectivity index (χ1v) is 6.01. The third-order valence-corrected chi connectivity index (χ3v) is 2.68. The monoisotopic (exact) mass is 216 g/mol. The van der Waals surface area contributed by atoms with E-state index in [9.17, 15) is 0 Å². The summed E-state index contributed by atoms with van der Waals surface area (Å²) in [6.07, 6.45) is 3.43. The highest BCUT2D eigenvalue weighted by Gasteiger charge is 2.07. The van der Waals surface area contributed by atoms with Crippen molar-refractivity contribution in [1.29, 1.82) is 0 Å². The summed E-state index contributed by atoms with van der Waals surface area (Å²) < 4.78 is 0. The first-order chi connectivity index (χ1) is 6.60. The van der Waals surface area contributed by atoms with Crippen molar-refractivity contribution < 1.29 is 0 Å². The third kappa shape index (κ3) is 7.27. The van der Waals surface area contributed by atoms with Gasteiger partial charge in [0.2, 0.25) is 0 Å². The summed E-state index contributed by atoms with van der Waals surface area (Å²) in [7, 11) is 0. The summed E-state index contributed by atoms with van der Waals surface area (Å²) in [6, 6.07) is 0. The van der Waals surface area contributed by atoms with E-state index in [0.29, 0.717) is 4.99 Å². The van der Waals surface area contributed by atoms with Crippen molar-refractivity contribution in [2.45, 2.75) is 40.0 Å². The minimum atomic E-state index is 0.631. The Morgan fingerprint density at radius 1 is 1.43 bits per heavy atom. The Balaban J connectivity index is 3.71. The maximum atomic E-state index is 5.49. The lowest BCUT2D eigenvalue weighted by molar-refractivity contribution is 0.248. The van der Waals surface area contributed by atoms with E-state index in [1.165, 1.54) is 19.4 Å². The predicted octanol–water partition coefficient (Wildman–Crippen LogP) is 2.42. The van der Waals surface area contributed by atoms with E-state index in [1.807, 2.05) is 0 Å².